The molecule has 3 rings (SSSR count). The van der Waals surface area contributed by atoms with Crippen molar-refractivity contribution in [1.82, 2.24) is 9.97 Å². The van der Waals surface area contributed by atoms with Gasteiger partial charge in [-0.2, -0.15) is 0 Å². The number of ether oxygens (including phenoxy) is 2. The van der Waals surface area contributed by atoms with Gasteiger partial charge in [0.15, 0.2) is 17.3 Å². The number of benzene rings is 2. The number of methoxy groups -OCH3 is 2. The summed E-state index contributed by atoms with van der Waals surface area (Å²) in [5.74, 6) is 3.43. The molecule has 7 nitrogen and oxygen atoms in total. The Hall–Kier alpha value is -3.61. The highest BCUT2D eigenvalue weighted by Crippen LogP contribution is 2.28. The largest absolute Gasteiger partial charge is 0.493 e. The van der Waals surface area contributed by atoms with Gasteiger partial charge in [0, 0.05) is 23.9 Å². The van der Waals surface area contributed by atoms with Gasteiger partial charge in [-0.3, -0.25) is 4.79 Å². The first kappa shape index (κ1) is 20.1. The van der Waals surface area contributed by atoms with Gasteiger partial charge < -0.3 is 20.1 Å². The molecule has 29 heavy (non-hydrogen) atoms. The Labute approximate surface area is 170 Å². The third-order valence-corrected chi connectivity index (χ3v) is 4.32. The summed E-state index contributed by atoms with van der Waals surface area (Å²) in [4.78, 5) is 20.3. The molecule has 7 heteroatoms. The van der Waals surface area contributed by atoms with Crippen molar-refractivity contribution >= 4 is 23.1 Å². The van der Waals surface area contributed by atoms with Gasteiger partial charge >= 0.3 is 0 Å². The Bertz CT molecular complexity index is 1000. The van der Waals surface area contributed by atoms with Crippen LogP contribution in [0.4, 0.5) is 17.3 Å². The van der Waals surface area contributed by atoms with E-state index in [0.717, 1.165) is 11.3 Å². The van der Waals surface area contributed by atoms with Crippen LogP contribution < -0.4 is 20.1 Å². The summed E-state index contributed by atoms with van der Waals surface area (Å²) in [7, 11) is 3.23. The van der Waals surface area contributed by atoms with Crippen molar-refractivity contribution in [2.75, 3.05) is 24.9 Å². The molecule has 0 aliphatic heterocycles. The summed E-state index contributed by atoms with van der Waals surface area (Å²) in [6.07, 6.45) is 0. The number of ketones is 1. The quantitative estimate of drug-likeness (QED) is 0.551. The van der Waals surface area contributed by atoms with Crippen LogP contribution >= 0.6 is 0 Å². The fourth-order valence-corrected chi connectivity index (χ4v) is 2.84. The molecule has 1 heterocycles. The maximum absolute atomic E-state index is 11.4. The number of Topliss-reactive ketones (excluding diaryl/α,β-unsaturated/α-hetero) is 1. The number of carbonyl (C=O) groups excluding carboxylic acids is 1. The van der Waals surface area contributed by atoms with Crippen LogP contribution in [0, 0.1) is 6.92 Å². The van der Waals surface area contributed by atoms with E-state index in [2.05, 4.69) is 20.6 Å². The zero-order valence-corrected chi connectivity index (χ0v) is 16.9. The van der Waals surface area contributed by atoms with E-state index in [1.165, 1.54) is 0 Å². The molecule has 0 spiro atoms. The van der Waals surface area contributed by atoms with E-state index in [-0.39, 0.29) is 5.78 Å². The van der Waals surface area contributed by atoms with Crippen molar-refractivity contribution in [3.05, 3.63) is 65.5 Å². The molecule has 150 valence electrons. The number of anilines is 3. The lowest BCUT2D eigenvalue weighted by molar-refractivity contribution is 0.101. The third kappa shape index (κ3) is 5.22. The molecule has 3 aromatic rings. The minimum Gasteiger partial charge on any atom is -0.493 e. The van der Waals surface area contributed by atoms with Gasteiger partial charge in [0.05, 0.1) is 14.2 Å². The van der Waals surface area contributed by atoms with Gasteiger partial charge in [-0.1, -0.05) is 6.07 Å². The lowest BCUT2D eigenvalue weighted by Crippen LogP contribution is -2.05. The number of rotatable bonds is 8. The molecule has 0 aliphatic carbocycles. The molecule has 0 aliphatic rings. The average molecular weight is 392 g/mol. The van der Waals surface area contributed by atoms with Crippen LogP contribution in [-0.2, 0) is 6.54 Å². The number of aryl methyl sites for hydroxylation is 1. The van der Waals surface area contributed by atoms with Crippen molar-refractivity contribution in [2.24, 2.45) is 0 Å². The van der Waals surface area contributed by atoms with Crippen molar-refractivity contribution in [2.45, 2.75) is 20.4 Å². The van der Waals surface area contributed by atoms with Crippen LogP contribution in [-0.4, -0.2) is 30.0 Å². The standard InChI is InChI=1S/C22H24N4O3/c1-14(27)17-6-8-18(9-7-17)26-22-12-21(24-15(2)25-22)23-13-16-5-10-19(28-3)20(11-16)29-4/h5-12H,13H2,1-4H3,(H2,23,24,25,26). The summed E-state index contributed by atoms with van der Waals surface area (Å²) in [6, 6.07) is 14.9. The normalized spacial score (nSPS) is 10.3. The van der Waals surface area contributed by atoms with Crippen LogP contribution in [0.3, 0.4) is 0 Å². The van der Waals surface area contributed by atoms with E-state index < -0.39 is 0 Å². The maximum atomic E-state index is 11.4. The number of nitrogens with zero attached hydrogens (tertiary/aromatic N) is 2. The highest BCUT2D eigenvalue weighted by Gasteiger charge is 2.07. The molecular formula is C22H24N4O3. The SMILES string of the molecule is COc1ccc(CNc2cc(Nc3ccc(C(C)=O)cc3)nc(C)n2)cc1OC. The predicted molar refractivity (Wildman–Crippen MR) is 113 cm³/mol. The highest BCUT2D eigenvalue weighted by atomic mass is 16.5. The first-order valence-electron chi connectivity index (χ1n) is 9.17. The summed E-state index contributed by atoms with van der Waals surface area (Å²) in [5.41, 5.74) is 2.55. The lowest BCUT2D eigenvalue weighted by atomic mass is 10.1. The third-order valence-electron chi connectivity index (χ3n) is 4.32. The van der Waals surface area contributed by atoms with Crippen LogP contribution in [0.25, 0.3) is 0 Å². The van der Waals surface area contributed by atoms with Crippen molar-refractivity contribution in [3.63, 3.8) is 0 Å². The lowest BCUT2D eigenvalue weighted by Gasteiger charge is -2.12. The van der Waals surface area contributed by atoms with Crippen molar-refractivity contribution in [3.8, 4) is 11.5 Å². The minimum absolute atomic E-state index is 0.0380. The van der Waals surface area contributed by atoms with E-state index >= 15 is 0 Å². The molecule has 2 aromatic carbocycles. The molecule has 0 fully saturated rings. The van der Waals surface area contributed by atoms with E-state index in [1.54, 1.807) is 33.3 Å². The molecular weight excluding hydrogens is 368 g/mol. The summed E-state index contributed by atoms with van der Waals surface area (Å²) in [6.45, 7) is 3.96. The second-order valence-electron chi connectivity index (χ2n) is 6.49. The second kappa shape index (κ2) is 9.05. The van der Waals surface area contributed by atoms with E-state index in [1.807, 2.05) is 43.3 Å². The Kier molecular flexibility index (Phi) is 6.29. The number of carbonyl (C=O) groups is 1. The van der Waals surface area contributed by atoms with Crippen LogP contribution in [0.2, 0.25) is 0 Å². The maximum Gasteiger partial charge on any atom is 0.161 e. The van der Waals surface area contributed by atoms with Gasteiger partial charge in [-0.15, -0.1) is 0 Å². The molecule has 0 unspecified atom stereocenters. The highest BCUT2D eigenvalue weighted by molar-refractivity contribution is 5.94. The molecule has 0 saturated heterocycles. The topological polar surface area (TPSA) is 85.4 Å². The molecule has 1 aromatic heterocycles. The first-order valence-corrected chi connectivity index (χ1v) is 9.17. The molecule has 0 amide bonds. The molecule has 0 saturated carbocycles. The summed E-state index contributed by atoms with van der Waals surface area (Å²) < 4.78 is 10.6. The van der Waals surface area contributed by atoms with E-state index in [0.29, 0.717) is 41.1 Å². The number of hydrogen-bond donors (Lipinski definition) is 2. The first-order chi connectivity index (χ1) is 14.0. The van der Waals surface area contributed by atoms with E-state index in [4.69, 9.17) is 9.47 Å². The van der Waals surface area contributed by atoms with Crippen LogP contribution in [0.5, 0.6) is 11.5 Å². The fourth-order valence-electron chi connectivity index (χ4n) is 2.84. The molecule has 0 bridgehead atoms. The van der Waals surface area contributed by atoms with Gasteiger partial charge in [0.25, 0.3) is 0 Å². The molecule has 0 atom stereocenters. The Morgan fingerprint density at radius 1 is 0.931 bits per heavy atom. The average Bonchev–Trinajstić information content (AvgIpc) is 2.72. The van der Waals surface area contributed by atoms with E-state index in [9.17, 15) is 4.79 Å². The van der Waals surface area contributed by atoms with Crippen molar-refractivity contribution in [1.29, 1.82) is 0 Å². The van der Waals surface area contributed by atoms with Crippen LogP contribution in [0.1, 0.15) is 28.7 Å². The van der Waals surface area contributed by atoms with Gasteiger partial charge in [-0.05, 0) is 55.8 Å². The van der Waals surface area contributed by atoms with Crippen molar-refractivity contribution < 1.29 is 14.3 Å². The zero-order chi connectivity index (χ0) is 20.8. The predicted octanol–water partition coefficient (Wildman–Crippen LogP) is 4.36. The Balaban J connectivity index is 1.71. The second-order valence-corrected chi connectivity index (χ2v) is 6.49. The number of nitrogens with one attached hydrogen (secondary N) is 2. The smallest absolute Gasteiger partial charge is 0.161 e. The molecule has 2 N–H and O–H groups in total. The summed E-state index contributed by atoms with van der Waals surface area (Å²) >= 11 is 0. The number of hydrogen-bond acceptors (Lipinski definition) is 7. The Morgan fingerprint density at radius 3 is 2.28 bits per heavy atom. The molecule has 0 radical (unpaired) electrons. The fraction of sp³-hybridized carbons (Fsp3) is 0.227. The Morgan fingerprint density at radius 2 is 1.62 bits per heavy atom. The minimum atomic E-state index is 0.0380. The van der Waals surface area contributed by atoms with Gasteiger partial charge in [0.1, 0.15) is 17.5 Å². The summed E-state index contributed by atoms with van der Waals surface area (Å²) in [5, 5.41) is 6.55. The zero-order valence-electron chi connectivity index (χ0n) is 16.9. The van der Waals surface area contributed by atoms with Gasteiger partial charge in [-0.25, -0.2) is 9.97 Å². The van der Waals surface area contributed by atoms with Gasteiger partial charge in [0.2, 0.25) is 0 Å². The monoisotopic (exact) mass is 392 g/mol. The number of aromatic nitrogens is 2. The van der Waals surface area contributed by atoms with Crippen LogP contribution in [0.15, 0.2) is 48.5 Å².